The van der Waals surface area contributed by atoms with E-state index in [1.54, 1.807) is 0 Å². The van der Waals surface area contributed by atoms with E-state index in [4.69, 9.17) is 4.74 Å². The van der Waals surface area contributed by atoms with Crippen LogP contribution in [0.4, 0.5) is 13.2 Å². The molecule has 2 aliphatic rings. The van der Waals surface area contributed by atoms with Crippen LogP contribution >= 0.6 is 0 Å². The second-order valence-electron chi connectivity index (χ2n) is 4.75. The predicted octanol–water partition coefficient (Wildman–Crippen LogP) is 0.832. The molecule has 7 nitrogen and oxygen atoms in total. The van der Waals surface area contributed by atoms with Crippen molar-refractivity contribution >= 4 is 17.9 Å². The van der Waals surface area contributed by atoms with Gasteiger partial charge in [0.1, 0.15) is 12.2 Å². The van der Waals surface area contributed by atoms with Crippen molar-refractivity contribution in [2.75, 3.05) is 20.8 Å². The SMILES string of the molecule is CCOC(=O)C1=C(C(F)(F)F)C2OC1C(C(=O)OC)=C2C(=O)OC. The second kappa shape index (κ2) is 6.27. The minimum absolute atomic E-state index is 0.175. The molecule has 10 heteroatoms. The number of halogens is 3. The zero-order valence-corrected chi connectivity index (χ0v) is 12.9. The summed E-state index contributed by atoms with van der Waals surface area (Å²) >= 11 is 0. The van der Waals surface area contributed by atoms with Gasteiger partial charge in [0, 0.05) is 0 Å². The van der Waals surface area contributed by atoms with E-state index in [1.807, 2.05) is 0 Å². The molecule has 2 bridgehead atoms. The van der Waals surface area contributed by atoms with Crippen molar-refractivity contribution < 1.29 is 46.5 Å². The number of alkyl halides is 3. The van der Waals surface area contributed by atoms with Gasteiger partial charge in [0.15, 0.2) is 0 Å². The van der Waals surface area contributed by atoms with E-state index in [9.17, 15) is 27.6 Å². The summed E-state index contributed by atoms with van der Waals surface area (Å²) < 4.78 is 58.8. The summed E-state index contributed by atoms with van der Waals surface area (Å²) in [5.41, 5.74) is -3.36. The highest BCUT2D eigenvalue weighted by Crippen LogP contribution is 2.50. The van der Waals surface area contributed by atoms with Gasteiger partial charge in [0.05, 0.1) is 43.1 Å². The molecule has 0 spiro atoms. The van der Waals surface area contributed by atoms with Crippen molar-refractivity contribution in [2.24, 2.45) is 0 Å². The summed E-state index contributed by atoms with van der Waals surface area (Å²) in [6.45, 7) is 1.24. The first kappa shape index (κ1) is 18.0. The Hall–Kier alpha value is -2.36. The molecule has 2 rings (SSSR count). The maximum atomic E-state index is 13.4. The van der Waals surface area contributed by atoms with Crippen LogP contribution in [0.5, 0.6) is 0 Å². The lowest BCUT2D eigenvalue weighted by atomic mass is 9.85. The molecule has 0 saturated heterocycles. The van der Waals surface area contributed by atoms with Crippen LogP contribution in [-0.2, 0) is 33.3 Å². The number of carbonyl (C=O) groups excluding carboxylic acids is 3. The zero-order chi connectivity index (χ0) is 18.2. The Morgan fingerprint density at radius 1 is 0.958 bits per heavy atom. The molecule has 24 heavy (non-hydrogen) atoms. The van der Waals surface area contributed by atoms with Crippen molar-refractivity contribution in [3.8, 4) is 0 Å². The average Bonchev–Trinajstić information content (AvgIpc) is 3.08. The molecular weight excluding hydrogens is 337 g/mol. The third kappa shape index (κ3) is 2.66. The van der Waals surface area contributed by atoms with Crippen molar-refractivity contribution in [3.05, 3.63) is 22.3 Å². The highest BCUT2D eigenvalue weighted by atomic mass is 19.4. The van der Waals surface area contributed by atoms with Crippen molar-refractivity contribution in [1.82, 2.24) is 0 Å². The van der Waals surface area contributed by atoms with E-state index in [2.05, 4.69) is 14.2 Å². The van der Waals surface area contributed by atoms with Gasteiger partial charge < -0.3 is 18.9 Å². The van der Waals surface area contributed by atoms with Crippen LogP contribution in [-0.4, -0.2) is 57.1 Å². The van der Waals surface area contributed by atoms with E-state index < -0.39 is 58.6 Å². The lowest BCUT2D eigenvalue weighted by molar-refractivity contribution is -0.141. The van der Waals surface area contributed by atoms with Gasteiger partial charge in [-0.2, -0.15) is 13.2 Å². The molecule has 0 aromatic carbocycles. The fourth-order valence-electron chi connectivity index (χ4n) is 2.64. The van der Waals surface area contributed by atoms with Crippen molar-refractivity contribution in [1.29, 1.82) is 0 Å². The molecule has 0 saturated carbocycles. The largest absolute Gasteiger partial charge is 0.466 e. The third-order valence-corrected chi connectivity index (χ3v) is 3.51. The van der Waals surface area contributed by atoms with E-state index in [0.717, 1.165) is 14.2 Å². The molecule has 2 aliphatic heterocycles. The number of esters is 3. The summed E-state index contributed by atoms with van der Waals surface area (Å²) in [7, 11) is 1.92. The highest BCUT2D eigenvalue weighted by molar-refractivity contribution is 6.08. The topological polar surface area (TPSA) is 88.1 Å². The van der Waals surface area contributed by atoms with E-state index >= 15 is 0 Å². The molecule has 0 N–H and O–H groups in total. The van der Waals surface area contributed by atoms with Crippen LogP contribution in [0.3, 0.4) is 0 Å². The molecular formula is C14H13F3O7. The normalized spacial score (nSPS) is 22.8. The van der Waals surface area contributed by atoms with E-state index in [-0.39, 0.29) is 6.61 Å². The lowest BCUT2D eigenvalue weighted by Gasteiger charge is -2.21. The first-order valence-corrected chi connectivity index (χ1v) is 6.73. The molecule has 0 amide bonds. The molecule has 0 radical (unpaired) electrons. The van der Waals surface area contributed by atoms with Gasteiger partial charge in [0.2, 0.25) is 0 Å². The quantitative estimate of drug-likeness (QED) is 0.548. The standard InChI is InChI=1S/C14H13F3O7/c1-4-23-13(20)7-8(14(15,16)17)10-6(12(19)22-3)5(9(7)24-10)11(18)21-2/h9-10H,4H2,1-3H3. The van der Waals surface area contributed by atoms with Gasteiger partial charge in [-0.1, -0.05) is 0 Å². The Balaban J connectivity index is 2.64. The number of hydrogen-bond acceptors (Lipinski definition) is 7. The van der Waals surface area contributed by atoms with Crippen molar-refractivity contribution in [2.45, 2.75) is 25.3 Å². The summed E-state index contributed by atoms with van der Waals surface area (Å²) in [6, 6.07) is 0. The van der Waals surface area contributed by atoms with Gasteiger partial charge in [-0.25, -0.2) is 14.4 Å². The average molecular weight is 350 g/mol. The summed E-state index contributed by atoms with van der Waals surface area (Å²) in [4.78, 5) is 35.7. The van der Waals surface area contributed by atoms with Gasteiger partial charge in [0.25, 0.3) is 0 Å². The predicted molar refractivity (Wildman–Crippen MR) is 69.4 cm³/mol. The maximum absolute atomic E-state index is 13.4. The van der Waals surface area contributed by atoms with Crippen LogP contribution in [0.2, 0.25) is 0 Å². The Bertz CT molecular complexity index is 660. The Morgan fingerprint density at radius 2 is 1.46 bits per heavy atom. The first-order chi connectivity index (χ1) is 11.2. The van der Waals surface area contributed by atoms with Gasteiger partial charge in [-0.15, -0.1) is 0 Å². The Morgan fingerprint density at radius 3 is 1.88 bits per heavy atom. The fraction of sp³-hybridized carbons (Fsp3) is 0.500. The first-order valence-electron chi connectivity index (χ1n) is 6.73. The lowest BCUT2D eigenvalue weighted by Crippen LogP contribution is -2.33. The monoisotopic (exact) mass is 350 g/mol. The fourth-order valence-corrected chi connectivity index (χ4v) is 2.64. The highest BCUT2D eigenvalue weighted by Gasteiger charge is 2.60. The van der Waals surface area contributed by atoms with Crippen LogP contribution in [0.15, 0.2) is 22.3 Å². The number of ether oxygens (including phenoxy) is 4. The molecule has 2 unspecified atom stereocenters. The molecule has 2 atom stereocenters. The van der Waals surface area contributed by atoms with E-state index in [1.165, 1.54) is 6.92 Å². The number of carbonyl (C=O) groups is 3. The van der Waals surface area contributed by atoms with Crippen LogP contribution in [0.1, 0.15) is 6.92 Å². The zero-order valence-electron chi connectivity index (χ0n) is 12.9. The number of rotatable bonds is 4. The maximum Gasteiger partial charge on any atom is 0.416 e. The van der Waals surface area contributed by atoms with E-state index in [0.29, 0.717) is 0 Å². The van der Waals surface area contributed by atoms with Crippen LogP contribution in [0, 0.1) is 0 Å². The van der Waals surface area contributed by atoms with Gasteiger partial charge in [-0.05, 0) is 6.92 Å². The van der Waals surface area contributed by atoms with Gasteiger partial charge in [-0.3, -0.25) is 0 Å². The summed E-state index contributed by atoms with van der Waals surface area (Å²) in [6.07, 6.45) is -8.62. The van der Waals surface area contributed by atoms with Crippen LogP contribution in [0.25, 0.3) is 0 Å². The Kier molecular flexibility index (Phi) is 4.70. The minimum Gasteiger partial charge on any atom is -0.466 e. The van der Waals surface area contributed by atoms with Crippen molar-refractivity contribution in [3.63, 3.8) is 0 Å². The van der Waals surface area contributed by atoms with Crippen LogP contribution < -0.4 is 0 Å². The number of methoxy groups -OCH3 is 2. The third-order valence-electron chi connectivity index (χ3n) is 3.51. The summed E-state index contributed by atoms with van der Waals surface area (Å²) in [5, 5.41) is 0. The summed E-state index contributed by atoms with van der Waals surface area (Å²) in [5.74, 6) is -3.54. The van der Waals surface area contributed by atoms with Gasteiger partial charge >= 0.3 is 24.1 Å². The second-order valence-corrected chi connectivity index (χ2v) is 4.75. The number of fused-ring (bicyclic) bond motifs is 2. The molecule has 0 aromatic rings. The molecule has 0 aromatic heterocycles. The Labute approximate surface area is 134 Å². The molecule has 2 heterocycles. The molecule has 0 aliphatic carbocycles. The molecule has 0 fully saturated rings. The smallest absolute Gasteiger partial charge is 0.416 e. The number of hydrogen-bond donors (Lipinski definition) is 0. The molecule has 132 valence electrons. The minimum atomic E-state index is -4.97.